The number of aliphatic hydroxyl groups excluding tert-OH is 1. The number of carbonyl (C=O) groups excluding carboxylic acids is 1. The number of nitriles is 1. The number of hydrogen-bond donors (Lipinski definition) is 2. The summed E-state index contributed by atoms with van der Waals surface area (Å²) in [6.45, 7) is 4.95. The van der Waals surface area contributed by atoms with Crippen molar-refractivity contribution in [3.63, 3.8) is 0 Å². The fourth-order valence-corrected chi connectivity index (χ4v) is 0.746. The Kier molecular flexibility index (Phi) is 4.95. The van der Waals surface area contributed by atoms with Crippen LogP contribution in [0.4, 0.5) is 4.79 Å². The summed E-state index contributed by atoms with van der Waals surface area (Å²) in [7, 11) is 0. The molecule has 80 valence electrons. The van der Waals surface area contributed by atoms with Crippen molar-refractivity contribution in [3.05, 3.63) is 0 Å². The Balaban J connectivity index is 3.98. The zero-order valence-corrected chi connectivity index (χ0v) is 8.70. The Morgan fingerprint density at radius 3 is 2.57 bits per heavy atom. The molecule has 2 N–H and O–H groups in total. The van der Waals surface area contributed by atoms with Crippen LogP contribution < -0.4 is 5.32 Å². The third-order valence-electron chi connectivity index (χ3n) is 1.28. The molecule has 0 fully saturated rings. The molecule has 1 amide bonds. The van der Waals surface area contributed by atoms with Crippen molar-refractivity contribution < 1.29 is 14.6 Å². The largest absolute Gasteiger partial charge is 0.444 e. The molecule has 0 rings (SSSR count). The summed E-state index contributed by atoms with van der Waals surface area (Å²) in [6.07, 6.45) is -0.553. The summed E-state index contributed by atoms with van der Waals surface area (Å²) >= 11 is 0. The third kappa shape index (κ3) is 6.26. The Morgan fingerprint density at radius 1 is 1.64 bits per heavy atom. The molecule has 0 saturated heterocycles. The summed E-state index contributed by atoms with van der Waals surface area (Å²) in [6, 6.07) is 1.30. The molecule has 0 unspecified atom stereocenters. The molecule has 0 bridgehead atoms. The van der Waals surface area contributed by atoms with Crippen LogP contribution in [0.2, 0.25) is 0 Å². The first-order valence-corrected chi connectivity index (χ1v) is 4.36. The van der Waals surface area contributed by atoms with Crippen molar-refractivity contribution in [2.24, 2.45) is 0 Å². The van der Waals surface area contributed by atoms with Gasteiger partial charge in [-0.25, -0.2) is 4.79 Å². The SMILES string of the molecule is CC(C)(C)OC(=O)N[C@H](CO)CC#N. The second kappa shape index (κ2) is 5.45. The monoisotopic (exact) mass is 200 g/mol. The van der Waals surface area contributed by atoms with Crippen molar-refractivity contribution in [1.82, 2.24) is 5.32 Å². The molecular formula is C9H16N2O3. The molecule has 0 saturated carbocycles. The van der Waals surface area contributed by atoms with E-state index >= 15 is 0 Å². The molecule has 0 aliphatic rings. The van der Waals surface area contributed by atoms with Gasteiger partial charge in [-0.15, -0.1) is 0 Å². The molecule has 0 aromatic rings. The molecule has 0 aromatic heterocycles. The van der Waals surface area contributed by atoms with Gasteiger partial charge in [-0.1, -0.05) is 0 Å². The van der Waals surface area contributed by atoms with Crippen molar-refractivity contribution in [2.75, 3.05) is 6.61 Å². The highest BCUT2D eigenvalue weighted by molar-refractivity contribution is 5.68. The molecule has 1 atom stereocenters. The Labute approximate surface area is 83.7 Å². The maximum atomic E-state index is 11.1. The van der Waals surface area contributed by atoms with E-state index in [1.807, 2.05) is 6.07 Å². The number of carbonyl (C=O) groups is 1. The van der Waals surface area contributed by atoms with Gasteiger partial charge in [0, 0.05) is 0 Å². The average molecular weight is 200 g/mol. The Morgan fingerprint density at radius 2 is 2.21 bits per heavy atom. The number of alkyl carbamates (subject to hydrolysis) is 1. The topological polar surface area (TPSA) is 82.3 Å². The maximum absolute atomic E-state index is 11.1. The maximum Gasteiger partial charge on any atom is 0.407 e. The zero-order chi connectivity index (χ0) is 11.2. The van der Waals surface area contributed by atoms with Crippen LogP contribution >= 0.6 is 0 Å². The molecular weight excluding hydrogens is 184 g/mol. The van der Waals surface area contributed by atoms with Gasteiger partial charge in [0.1, 0.15) is 5.60 Å². The summed E-state index contributed by atoms with van der Waals surface area (Å²) < 4.78 is 4.95. The normalized spacial score (nSPS) is 12.8. The minimum Gasteiger partial charge on any atom is -0.444 e. The van der Waals surface area contributed by atoms with Crippen LogP contribution in [0, 0.1) is 11.3 Å². The van der Waals surface area contributed by atoms with Crippen LogP contribution in [0.1, 0.15) is 27.2 Å². The number of nitrogens with one attached hydrogen (secondary N) is 1. The first-order chi connectivity index (χ1) is 6.39. The summed E-state index contributed by atoms with van der Waals surface area (Å²) in [4.78, 5) is 11.1. The molecule has 5 nitrogen and oxygen atoms in total. The van der Waals surface area contributed by atoms with E-state index in [9.17, 15) is 4.79 Å². The van der Waals surface area contributed by atoms with Gasteiger partial charge >= 0.3 is 6.09 Å². The minimum absolute atomic E-state index is 0.0652. The number of hydrogen-bond acceptors (Lipinski definition) is 4. The summed E-state index contributed by atoms with van der Waals surface area (Å²) in [5.41, 5.74) is -0.573. The second-order valence-corrected chi connectivity index (χ2v) is 3.89. The number of amides is 1. The molecule has 5 heteroatoms. The van der Waals surface area contributed by atoms with E-state index in [4.69, 9.17) is 15.1 Å². The van der Waals surface area contributed by atoms with Gasteiger partial charge in [-0.05, 0) is 20.8 Å². The predicted octanol–water partition coefficient (Wildman–Crippen LogP) is 0.786. The van der Waals surface area contributed by atoms with Gasteiger partial charge in [0.05, 0.1) is 25.1 Å². The van der Waals surface area contributed by atoms with Gasteiger partial charge in [0.2, 0.25) is 0 Å². The van der Waals surface area contributed by atoms with E-state index in [2.05, 4.69) is 5.32 Å². The van der Waals surface area contributed by atoms with Gasteiger partial charge in [-0.3, -0.25) is 0 Å². The molecule has 0 radical (unpaired) electrons. The van der Waals surface area contributed by atoms with E-state index in [1.54, 1.807) is 20.8 Å². The Hall–Kier alpha value is -1.28. The average Bonchev–Trinajstić information content (AvgIpc) is 2.00. The number of aliphatic hydroxyl groups is 1. The fraction of sp³-hybridized carbons (Fsp3) is 0.778. The van der Waals surface area contributed by atoms with E-state index in [0.717, 1.165) is 0 Å². The lowest BCUT2D eigenvalue weighted by molar-refractivity contribution is 0.0484. The van der Waals surface area contributed by atoms with E-state index < -0.39 is 17.7 Å². The molecule has 0 aromatic carbocycles. The van der Waals surface area contributed by atoms with Crippen molar-refractivity contribution in [3.8, 4) is 6.07 Å². The number of ether oxygens (including phenoxy) is 1. The molecule has 0 spiro atoms. The lowest BCUT2D eigenvalue weighted by Gasteiger charge is -2.21. The molecule has 0 heterocycles. The molecule has 14 heavy (non-hydrogen) atoms. The van der Waals surface area contributed by atoms with Crippen LogP contribution in [0.25, 0.3) is 0 Å². The molecule has 0 aliphatic carbocycles. The lowest BCUT2D eigenvalue weighted by atomic mass is 10.2. The molecule has 0 aliphatic heterocycles. The number of rotatable bonds is 3. The highest BCUT2D eigenvalue weighted by atomic mass is 16.6. The highest BCUT2D eigenvalue weighted by Crippen LogP contribution is 2.06. The van der Waals surface area contributed by atoms with Crippen molar-refractivity contribution in [2.45, 2.75) is 38.8 Å². The van der Waals surface area contributed by atoms with Crippen molar-refractivity contribution in [1.29, 1.82) is 5.26 Å². The fourth-order valence-electron chi connectivity index (χ4n) is 0.746. The summed E-state index contributed by atoms with van der Waals surface area (Å²) in [5.74, 6) is 0. The smallest absolute Gasteiger partial charge is 0.407 e. The standard InChI is InChI=1S/C9H16N2O3/c1-9(2,3)14-8(13)11-7(6-12)4-5-10/h7,12H,4,6H2,1-3H3,(H,11,13)/t7-/m0/s1. The van der Waals surface area contributed by atoms with Crippen LogP contribution in [-0.4, -0.2) is 29.4 Å². The first kappa shape index (κ1) is 12.7. The third-order valence-corrected chi connectivity index (χ3v) is 1.28. The predicted molar refractivity (Wildman–Crippen MR) is 50.5 cm³/mol. The first-order valence-electron chi connectivity index (χ1n) is 4.36. The van der Waals surface area contributed by atoms with Crippen LogP contribution in [0.15, 0.2) is 0 Å². The van der Waals surface area contributed by atoms with Gasteiger partial charge < -0.3 is 15.2 Å². The van der Waals surface area contributed by atoms with Crippen LogP contribution in [-0.2, 0) is 4.74 Å². The minimum atomic E-state index is -0.619. The van der Waals surface area contributed by atoms with E-state index in [0.29, 0.717) is 0 Å². The lowest BCUT2D eigenvalue weighted by Crippen LogP contribution is -2.40. The highest BCUT2D eigenvalue weighted by Gasteiger charge is 2.18. The zero-order valence-electron chi connectivity index (χ0n) is 8.70. The van der Waals surface area contributed by atoms with Gasteiger partial charge in [0.15, 0.2) is 0 Å². The van der Waals surface area contributed by atoms with Crippen molar-refractivity contribution >= 4 is 6.09 Å². The summed E-state index contributed by atoms with van der Waals surface area (Å²) in [5, 5.41) is 19.5. The van der Waals surface area contributed by atoms with E-state index in [-0.39, 0.29) is 13.0 Å². The van der Waals surface area contributed by atoms with E-state index in [1.165, 1.54) is 0 Å². The van der Waals surface area contributed by atoms with Gasteiger partial charge in [-0.2, -0.15) is 5.26 Å². The Bertz CT molecular complexity index is 227. The second-order valence-electron chi connectivity index (χ2n) is 3.89. The van der Waals surface area contributed by atoms with Gasteiger partial charge in [0.25, 0.3) is 0 Å². The quantitative estimate of drug-likeness (QED) is 0.705. The number of nitrogens with zero attached hydrogens (tertiary/aromatic N) is 1. The van der Waals surface area contributed by atoms with Crippen LogP contribution in [0.3, 0.4) is 0 Å². The van der Waals surface area contributed by atoms with Crippen LogP contribution in [0.5, 0.6) is 0 Å².